The van der Waals surface area contributed by atoms with E-state index in [4.69, 9.17) is 0 Å². The number of hydrogen-bond donors (Lipinski definition) is 1. The summed E-state index contributed by atoms with van der Waals surface area (Å²) in [6, 6.07) is -0.169. The highest BCUT2D eigenvalue weighted by molar-refractivity contribution is 5.95. The molecule has 3 rings (SSSR count). The number of rotatable bonds is 5. The van der Waals surface area contributed by atoms with Gasteiger partial charge in [0.15, 0.2) is 0 Å². The number of nitrogens with one attached hydrogen (secondary N) is 1. The van der Waals surface area contributed by atoms with Crippen LogP contribution in [0.1, 0.15) is 31.2 Å². The molecule has 1 amide bonds. The molecule has 1 fully saturated rings. The molecule has 1 N–H and O–H groups in total. The van der Waals surface area contributed by atoms with Crippen molar-refractivity contribution >= 4 is 11.6 Å². The van der Waals surface area contributed by atoms with Crippen LogP contribution >= 0.6 is 0 Å². The Morgan fingerprint density at radius 1 is 1.44 bits per heavy atom. The van der Waals surface area contributed by atoms with Gasteiger partial charge < -0.3 is 5.32 Å². The molecular formula is C17H27N7O. The molecule has 3 heterocycles. The quantitative estimate of drug-likeness (QED) is 0.885. The summed E-state index contributed by atoms with van der Waals surface area (Å²) in [4.78, 5) is 19.0. The molecule has 1 saturated heterocycles. The number of piperidine rings is 1. The normalized spacial score (nSPS) is 19.8. The van der Waals surface area contributed by atoms with Crippen LogP contribution in [0.15, 0.2) is 12.7 Å². The van der Waals surface area contributed by atoms with Gasteiger partial charge in [0.2, 0.25) is 5.91 Å². The summed E-state index contributed by atoms with van der Waals surface area (Å²) in [5.74, 6) is 0.521. The van der Waals surface area contributed by atoms with Crippen molar-refractivity contribution in [2.45, 2.75) is 46.2 Å². The average molecular weight is 345 g/mol. The molecule has 0 saturated carbocycles. The van der Waals surface area contributed by atoms with Crippen molar-refractivity contribution in [2.75, 3.05) is 18.4 Å². The smallest absolute Gasteiger partial charge is 0.241 e. The lowest BCUT2D eigenvalue weighted by molar-refractivity contribution is -0.121. The van der Waals surface area contributed by atoms with Gasteiger partial charge in [-0.2, -0.15) is 10.2 Å². The van der Waals surface area contributed by atoms with E-state index in [0.717, 1.165) is 49.6 Å². The largest absolute Gasteiger partial charge is 0.322 e. The predicted octanol–water partition coefficient (Wildman–Crippen LogP) is 1.37. The number of amides is 1. The number of hydrogen-bond acceptors (Lipinski definition) is 5. The van der Waals surface area contributed by atoms with Gasteiger partial charge in [-0.15, -0.1) is 0 Å². The van der Waals surface area contributed by atoms with E-state index in [0.29, 0.717) is 5.92 Å². The average Bonchev–Trinajstić information content (AvgIpc) is 3.18. The first-order valence-electron chi connectivity index (χ1n) is 8.83. The number of carbonyl (C=O) groups excluding carboxylic acids is 1. The first kappa shape index (κ1) is 17.6. The summed E-state index contributed by atoms with van der Waals surface area (Å²) in [5, 5.41) is 11.6. The molecule has 1 aliphatic heterocycles. The van der Waals surface area contributed by atoms with Crippen LogP contribution in [0.2, 0.25) is 0 Å². The molecule has 1 aliphatic rings. The number of aromatic nitrogens is 5. The second-order valence-corrected chi connectivity index (χ2v) is 6.96. The first-order chi connectivity index (χ1) is 12.0. The SMILES string of the molecule is Cc1nn(C)c(C)c1NC(=O)[C@@H](C)N1CCC[C@@H](Cn2cncn2)C1. The van der Waals surface area contributed by atoms with Gasteiger partial charge in [-0.25, -0.2) is 4.98 Å². The van der Waals surface area contributed by atoms with E-state index in [1.807, 2.05) is 32.5 Å². The summed E-state index contributed by atoms with van der Waals surface area (Å²) in [7, 11) is 1.89. The Labute approximate surface area is 148 Å². The van der Waals surface area contributed by atoms with Gasteiger partial charge in [0, 0.05) is 20.1 Å². The maximum atomic E-state index is 12.7. The molecule has 25 heavy (non-hydrogen) atoms. The van der Waals surface area contributed by atoms with Crippen LogP contribution in [0.25, 0.3) is 0 Å². The van der Waals surface area contributed by atoms with E-state index in [2.05, 4.69) is 25.4 Å². The van der Waals surface area contributed by atoms with E-state index in [1.54, 1.807) is 17.3 Å². The first-order valence-corrected chi connectivity index (χ1v) is 8.83. The van der Waals surface area contributed by atoms with Crippen LogP contribution in [-0.2, 0) is 18.4 Å². The summed E-state index contributed by atoms with van der Waals surface area (Å²) >= 11 is 0. The third kappa shape index (κ3) is 3.89. The molecule has 136 valence electrons. The fraction of sp³-hybridized carbons (Fsp3) is 0.647. The van der Waals surface area contributed by atoms with E-state index in [9.17, 15) is 4.79 Å². The van der Waals surface area contributed by atoms with Gasteiger partial charge >= 0.3 is 0 Å². The molecule has 0 aliphatic carbocycles. The van der Waals surface area contributed by atoms with Crippen molar-refractivity contribution in [2.24, 2.45) is 13.0 Å². The highest BCUT2D eigenvalue weighted by Gasteiger charge is 2.28. The molecule has 8 nitrogen and oxygen atoms in total. The highest BCUT2D eigenvalue weighted by atomic mass is 16.2. The molecule has 2 aromatic heterocycles. The minimum atomic E-state index is -0.169. The Bertz CT molecular complexity index is 722. The minimum Gasteiger partial charge on any atom is -0.322 e. The van der Waals surface area contributed by atoms with Gasteiger partial charge in [0.25, 0.3) is 0 Å². The lowest BCUT2D eigenvalue weighted by atomic mass is 9.96. The van der Waals surface area contributed by atoms with Crippen molar-refractivity contribution in [1.82, 2.24) is 29.4 Å². The Morgan fingerprint density at radius 3 is 2.88 bits per heavy atom. The molecule has 0 bridgehead atoms. The van der Waals surface area contributed by atoms with Crippen molar-refractivity contribution in [3.05, 3.63) is 24.0 Å². The summed E-state index contributed by atoms with van der Waals surface area (Å²) in [6.45, 7) is 8.57. The second kappa shape index (κ2) is 7.35. The van der Waals surface area contributed by atoms with E-state index >= 15 is 0 Å². The maximum Gasteiger partial charge on any atom is 0.241 e. The minimum absolute atomic E-state index is 0.0283. The molecule has 0 aromatic carbocycles. The van der Waals surface area contributed by atoms with Crippen LogP contribution in [0.3, 0.4) is 0 Å². The Balaban J connectivity index is 1.61. The Hall–Kier alpha value is -2.22. The van der Waals surface area contributed by atoms with Crippen molar-refractivity contribution < 1.29 is 4.79 Å². The number of carbonyl (C=O) groups is 1. The fourth-order valence-corrected chi connectivity index (χ4v) is 3.54. The van der Waals surface area contributed by atoms with E-state index in [-0.39, 0.29) is 11.9 Å². The number of anilines is 1. The number of aryl methyl sites for hydroxylation is 2. The Morgan fingerprint density at radius 2 is 2.24 bits per heavy atom. The molecular weight excluding hydrogens is 318 g/mol. The maximum absolute atomic E-state index is 12.7. The molecule has 8 heteroatoms. The standard InChI is InChI=1S/C17H27N7O/c1-12-16(13(2)22(4)21-12)20-17(25)14(3)23-7-5-6-15(8-23)9-24-11-18-10-19-24/h10-11,14-15H,5-9H2,1-4H3,(H,20,25)/t14-,15-/m1/s1. The molecule has 0 radical (unpaired) electrons. The van der Waals surface area contributed by atoms with Gasteiger partial charge in [-0.05, 0) is 46.1 Å². The van der Waals surface area contributed by atoms with Crippen molar-refractivity contribution in [3.8, 4) is 0 Å². The number of nitrogens with zero attached hydrogens (tertiary/aromatic N) is 6. The lowest BCUT2D eigenvalue weighted by Crippen LogP contribution is -2.47. The van der Waals surface area contributed by atoms with E-state index in [1.165, 1.54) is 0 Å². The third-order valence-electron chi connectivity index (χ3n) is 5.15. The van der Waals surface area contributed by atoms with Gasteiger partial charge in [-0.1, -0.05) is 0 Å². The molecule has 2 atom stereocenters. The Kier molecular flexibility index (Phi) is 5.17. The summed E-state index contributed by atoms with van der Waals surface area (Å²) in [6.07, 6.45) is 5.58. The predicted molar refractivity (Wildman–Crippen MR) is 95.1 cm³/mol. The fourth-order valence-electron chi connectivity index (χ4n) is 3.54. The third-order valence-corrected chi connectivity index (χ3v) is 5.15. The lowest BCUT2D eigenvalue weighted by Gasteiger charge is -2.36. The zero-order valence-electron chi connectivity index (χ0n) is 15.4. The topological polar surface area (TPSA) is 80.9 Å². The summed E-state index contributed by atoms with van der Waals surface area (Å²) < 4.78 is 3.67. The second-order valence-electron chi connectivity index (χ2n) is 6.96. The van der Waals surface area contributed by atoms with Crippen LogP contribution in [0.5, 0.6) is 0 Å². The van der Waals surface area contributed by atoms with Crippen LogP contribution in [0, 0.1) is 19.8 Å². The van der Waals surface area contributed by atoms with Gasteiger partial charge in [0.1, 0.15) is 12.7 Å². The molecule has 0 unspecified atom stereocenters. The van der Waals surface area contributed by atoms with Crippen molar-refractivity contribution in [3.63, 3.8) is 0 Å². The van der Waals surface area contributed by atoms with E-state index < -0.39 is 0 Å². The monoisotopic (exact) mass is 345 g/mol. The zero-order valence-corrected chi connectivity index (χ0v) is 15.4. The molecule has 2 aromatic rings. The zero-order chi connectivity index (χ0) is 18.0. The van der Waals surface area contributed by atoms with Gasteiger partial charge in [-0.3, -0.25) is 19.1 Å². The molecule has 0 spiro atoms. The summed E-state index contributed by atoms with van der Waals surface area (Å²) in [5.41, 5.74) is 2.65. The van der Waals surface area contributed by atoms with Crippen LogP contribution in [0.4, 0.5) is 5.69 Å². The highest BCUT2D eigenvalue weighted by Crippen LogP contribution is 2.22. The van der Waals surface area contributed by atoms with Crippen LogP contribution in [-0.4, -0.2) is 54.5 Å². The van der Waals surface area contributed by atoms with Crippen molar-refractivity contribution in [1.29, 1.82) is 0 Å². The van der Waals surface area contributed by atoms with Crippen LogP contribution < -0.4 is 5.32 Å². The number of likely N-dealkylation sites (tertiary alicyclic amines) is 1. The van der Waals surface area contributed by atoms with Gasteiger partial charge in [0.05, 0.1) is 23.1 Å².